The van der Waals surface area contributed by atoms with Gasteiger partial charge in [-0.1, -0.05) is 42.5 Å². The minimum Gasteiger partial charge on any atom is -0.492 e. The highest BCUT2D eigenvalue weighted by Gasteiger charge is 2.11. The van der Waals surface area contributed by atoms with E-state index in [0.717, 1.165) is 15.8 Å². The highest BCUT2D eigenvalue weighted by Crippen LogP contribution is 2.25. The molecule has 2 aromatic rings. The summed E-state index contributed by atoms with van der Waals surface area (Å²) in [6.07, 6.45) is 0. The topological polar surface area (TPSA) is 29.5 Å². The van der Waals surface area contributed by atoms with Crippen LogP contribution in [0.15, 0.2) is 59.1 Å². The van der Waals surface area contributed by atoms with E-state index in [4.69, 9.17) is 4.74 Å². The van der Waals surface area contributed by atoms with Crippen LogP contribution in [-0.2, 0) is 0 Å². The van der Waals surface area contributed by atoms with Crippen molar-refractivity contribution in [1.29, 1.82) is 0 Å². The van der Waals surface area contributed by atoms with Crippen LogP contribution in [0.4, 0.5) is 0 Å². The molecule has 3 heteroatoms. The van der Waals surface area contributed by atoms with Crippen LogP contribution in [0.25, 0.3) is 0 Å². The van der Waals surface area contributed by atoms with Crippen molar-refractivity contribution in [3.63, 3.8) is 0 Å². The molecule has 18 heavy (non-hydrogen) atoms. The normalized spacial score (nSPS) is 12.1. The first-order chi connectivity index (χ1) is 8.81. The average Bonchev–Trinajstić information content (AvgIpc) is 2.42. The van der Waals surface area contributed by atoms with Gasteiger partial charge in [-0.25, -0.2) is 0 Å². The summed E-state index contributed by atoms with van der Waals surface area (Å²) in [6.45, 7) is 0.539. The smallest absolute Gasteiger partial charge is 0.133 e. The van der Waals surface area contributed by atoms with Crippen LogP contribution >= 0.6 is 15.9 Å². The molecule has 0 aromatic heterocycles. The van der Waals surface area contributed by atoms with E-state index < -0.39 is 0 Å². The molecule has 0 fully saturated rings. The fraction of sp³-hybridized carbons (Fsp3) is 0.200. The predicted octanol–water partition coefficient (Wildman–Crippen LogP) is 3.60. The summed E-state index contributed by atoms with van der Waals surface area (Å²) in [7, 11) is 0. The van der Waals surface area contributed by atoms with Crippen LogP contribution in [-0.4, -0.2) is 18.3 Å². The minimum absolute atomic E-state index is 0.00157. The SMILES string of the molecule is OCC(COc1ccccc1Br)c1ccccc1. The standard InChI is InChI=1S/C15H15BrO2/c16-14-8-4-5-9-15(14)18-11-13(10-17)12-6-2-1-3-7-12/h1-9,13,17H,10-11H2. The summed E-state index contributed by atoms with van der Waals surface area (Å²) >= 11 is 3.44. The number of para-hydroxylation sites is 1. The second-order valence-corrected chi connectivity index (χ2v) is 4.89. The van der Waals surface area contributed by atoms with Gasteiger partial charge in [0.1, 0.15) is 5.75 Å². The lowest BCUT2D eigenvalue weighted by atomic mass is 10.0. The number of hydrogen-bond donors (Lipinski definition) is 1. The third kappa shape index (κ3) is 3.34. The van der Waals surface area contributed by atoms with E-state index in [1.54, 1.807) is 0 Å². The quantitative estimate of drug-likeness (QED) is 0.914. The highest BCUT2D eigenvalue weighted by molar-refractivity contribution is 9.10. The van der Waals surface area contributed by atoms with Gasteiger partial charge in [0, 0.05) is 5.92 Å². The van der Waals surface area contributed by atoms with Gasteiger partial charge in [0.25, 0.3) is 0 Å². The number of ether oxygens (including phenoxy) is 1. The largest absolute Gasteiger partial charge is 0.492 e. The molecule has 2 nitrogen and oxygen atoms in total. The van der Waals surface area contributed by atoms with Gasteiger partial charge < -0.3 is 9.84 Å². The van der Waals surface area contributed by atoms with Gasteiger partial charge in [0.15, 0.2) is 0 Å². The monoisotopic (exact) mass is 306 g/mol. The molecule has 0 saturated heterocycles. The van der Waals surface area contributed by atoms with Crippen LogP contribution in [0.5, 0.6) is 5.75 Å². The Hall–Kier alpha value is -1.32. The van der Waals surface area contributed by atoms with Crippen molar-refractivity contribution in [3.05, 3.63) is 64.6 Å². The molecule has 1 N–H and O–H groups in total. The van der Waals surface area contributed by atoms with E-state index in [2.05, 4.69) is 15.9 Å². The Morgan fingerprint density at radius 3 is 2.33 bits per heavy atom. The van der Waals surface area contributed by atoms with E-state index in [1.807, 2.05) is 54.6 Å². The number of hydrogen-bond acceptors (Lipinski definition) is 2. The molecule has 0 bridgehead atoms. The first kappa shape index (κ1) is 13.1. The molecule has 2 rings (SSSR count). The van der Waals surface area contributed by atoms with Crippen LogP contribution in [0.3, 0.4) is 0 Å². The molecule has 0 saturated carbocycles. The van der Waals surface area contributed by atoms with Crippen molar-refractivity contribution in [2.24, 2.45) is 0 Å². The second-order valence-electron chi connectivity index (χ2n) is 4.03. The Balaban J connectivity index is 2.02. The molecule has 0 spiro atoms. The van der Waals surface area contributed by atoms with E-state index in [0.29, 0.717) is 6.61 Å². The second kappa shape index (κ2) is 6.57. The van der Waals surface area contributed by atoms with Crippen molar-refractivity contribution in [3.8, 4) is 5.75 Å². The molecule has 94 valence electrons. The molecule has 0 amide bonds. The van der Waals surface area contributed by atoms with E-state index in [-0.39, 0.29) is 12.5 Å². The Kier molecular flexibility index (Phi) is 4.79. The van der Waals surface area contributed by atoms with Crippen molar-refractivity contribution in [2.75, 3.05) is 13.2 Å². The maximum absolute atomic E-state index is 9.44. The van der Waals surface area contributed by atoms with Crippen LogP contribution in [0.2, 0.25) is 0 Å². The number of benzene rings is 2. The first-order valence-electron chi connectivity index (χ1n) is 5.84. The first-order valence-corrected chi connectivity index (χ1v) is 6.63. The molecule has 0 radical (unpaired) electrons. The lowest BCUT2D eigenvalue weighted by molar-refractivity contribution is 0.204. The highest BCUT2D eigenvalue weighted by atomic mass is 79.9. The summed E-state index contributed by atoms with van der Waals surface area (Å²) in [5.74, 6) is 0.796. The van der Waals surface area contributed by atoms with Crippen molar-refractivity contribution in [1.82, 2.24) is 0 Å². The van der Waals surface area contributed by atoms with Crippen LogP contribution < -0.4 is 4.74 Å². The summed E-state index contributed by atoms with van der Waals surface area (Å²) in [4.78, 5) is 0. The third-order valence-electron chi connectivity index (χ3n) is 2.77. The maximum Gasteiger partial charge on any atom is 0.133 e. The van der Waals surface area contributed by atoms with Gasteiger partial charge in [-0.3, -0.25) is 0 Å². The van der Waals surface area contributed by atoms with Crippen molar-refractivity contribution in [2.45, 2.75) is 5.92 Å². The number of halogens is 1. The molecule has 0 aliphatic carbocycles. The van der Waals surface area contributed by atoms with Gasteiger partial charge >= 0.3 is 0 Å². The summed E-state index contributed by atoms with van der Waals surface area (Å²) in [5.41, 5.74) is 1.09. The van der Waals surface area contributed by atoms with E-state index >= 15 is 0 Å². The fourth-order valence-corrected chi connectivity index (χ4v) is 2.13. The number of rotatable bonds is 5. The maximum atomic E-state index is 9.44. The number of aliphatic hydroxyl groups is 1. The van der Waals surface area contributed by atoms with Crippen LogP contribution in [0, 0.1) is 0 Å². The molecular weight excluding hydrogens is 292 g/mol. The van der Waals surface area contributed by atoms with Gasteiger partial charge in [0.2, 0.25) is 0 Å². The zero-order valence-corrected chi connectivity index (χ0v) is 11.5. The molecule has 2 aromatic carbocycles. The zero-order valence-electron chi connectivity index (χ0n) is 9.92. The molecule has 1 unspecified atom stereocenters. The van der Waals surface area contributed by atoms with Gasteiger partial charge in [0.05, 0.1) is 17.7 Å². The molecule has 0 aliphatic rings. The van der Waals surface area contributed by atoms with E-state index in [1.165, 1.54) is 0 Å². The molecular formula is C15H15BrO2. The Bertz CT molecular complexity index is 485. The number of aliphatic hydroxyl groups excluding tert-OH is 1. The van der Waals surface area contributed by atoms with Crippen molar-refractivity contribution >= 4 is 15.9 Å². The Labute approximate surface area is 115 Å². The predicted molar refractivity (Wildman–Crippen MR) is 75.9 cm³/mol. The van der Waals surface area contributed by atoms with E-state index in [9.17, 15) is 5.11 Å². The lowest BCUT2D eigenvalue weighted by Crippen LogP contribution is -2.14. The van der Waals surface area contributed by atoms with Gasteiger partial charge in [-0.2, -0.15) is 0 Å². The zero-order chi connectivity index (χ0) is 12.8. The molecule has 0 aliphatic heterocycles. The lowest BCUT2D eigenvalue weighted by Gasteiger charge is -2.16. The average molecular weight is 307 g/mol. The summed E-state index contributed by atoms with van der Waals surface area (Å²) < 4.78 is 6.66. The van der Waals surface area contributed by atoms with Gasteiger partial charge in [-0.05, 0) is 33.6 Å². The Morgan fingerprint density at radius 2 is 1.67 bits per heavy atom. The fourth-order valence-electron chi connectivity index (χ4n) is 1.73. The molecule has 0 heterocycles. The minimum atomic E-state index is -0.00157. The van der Waals surface area contributed by atoms with Crippen LogP contribution in [0.1, 0.15) is 11.5 Å². The van der Waals surface area contributed by atoms with Gasteiger partial charge in [-0.15, -0.1) is 0 Å². The summed E-state index contributed by atoms with van der Waals surface area (Å²) in [6, 6.07) is 17.6. The molecule has 1 atom stereocenters. The Morgan fingerprint density at radius 1 is 1.00 bits per heavy atom. The van der Waals surface area contributed by atoms with Crippen molar-refractivity contribution < 1.29 is 9.84 Å². The third-order valence-corrected chi connectivity index (χ3v) is 3.42. The summed E-state index contributed by atoms with van der Waals surface area (Å²) in [5, 5.41) is 9.44.